The van der Waals surface area contributed by atoms with Crippen LogP contribution in [0.25, 0.3) is 0 Å². The molecule has 0 unspecified atom stereocenters. The number of aromatic nitrogens is 2. The largest absolute Gasteiger partial charge is 0.383 e. The predicted molar refractivity (Wildman–Crippen MR) is 86.1 cm³/mol. The molecule has 1 aliphatic carbocycles. The number of methoxy groups -OCH3 is 1. The van der Waals surface area contributed by atoms with E-state index in [2.05, 4.69) is 21.0 Å². The lowest BCUT2D eigenvalue weighted by Gasteiger charge is -2.17. The van der Waals surface area contributed by atoms with E-state index in [4.69, 9.17) is 4.74 Å². The average Bonchev–Trinajstić information content (AvgIpc) is 3.16. The normalized spacial score (nSPS) is 16.1. The van der Waals surface area contributed by atoms with E-state index in [1.807, 2.05) is 0 Å². The first-order chi connectivity index (χ1) is 11.1. The number of carbonyl (C=O) groups excluding carboxylic acids is 2. The Balaban J connectivity index is 1.74. The highest BCUT2D eigenvalue weighted by atomic mass is 16.5. The lowest BCUT2D eigenvalue weighted by Crippen LogP contribution is -2.48. The van der Waals surface area contributed by atoms with Crippen molar-refractivity contribution in [2.24, 2.45) is 0 Å². The fourth-order valence-electron chi connectivity index (χ4n) is 2.56. The lowest BCUT2D eigenvalue weighted by atomic mass is 10.2. The van der Waals surface area contributed by atoms with Crippen molar-refractivity contribution in [2.45, 2.75) is 51.2 Å². The van der Waals surface area contributed by atoms with Gasteiger partial charge in [-0.15, -0.1) is 0 Å². The first-order valence-corrected chi connectivity index (χ1v) is 7.98. The molecule has 0 bridgehead atoms. The van der Waals surface area contributed by atoms with Crippen LogP contribution in [0, 0.1) is 0 Å². The minimum atomic E-state index is -0.584. The van der Waals surface area contributed by atoms with Gasteiger partial charge in [-0.2, -0.15) is 5.10 Å². The van der Waals surface area contributed by atoms with Gasteiger partial charge in [0.25, 0.3) is 0 Å². The Kier molecular flexibility index (Phi) is 6.40. The fourth-order valence-corrected chi connectivity index (χ4v) is 2.56. The molecule has 1 aliphatic rings. The maximum atomic E-state index is 12.0. The van der Waals surface area contributed by atoms with Crippen molar-refractivity contribution < 1.29 is 14.3 Å². The van der Waals surface area contributed by atoms with E-state index in [0.29, 0.717) is 18.8 Å². The maximum Gasteiger partial charge on any atom is 0.319 e. The molecule has 0 saturated heterocycles. The number of amides is 3. The van der Waals surface area contributed by atoms with Crippen LogP contribution in [0.1, 0.15) is 32.6 Å². The van der Waals surface area contributed by atoms with Gasteiger partial charge in [0, 0.05) is 19.3 Å². The van der Waals surface area contributed by atoms with Crippen molar-refractivity contribution >= 4 is 17.6 Å². The molecule has 8 heteroatoms. The molecule has 0 aliphatic heterocycles. The summed E-state index contributed by atoms with van der Waals surface area (Å²) in [5.41, 5.74) is 0.571. The summed E-state index contributed by atoms with van der Waals surface area (Å²) in [6, 6.07) is -0.765. The Morgan fingerprint density at radius 1 is 1.43 bits per heavy atom. The Morgan fingerprint density at radius 3 is 2.87 bits per heavy atom. The molecule has 1 atom stereocenters. The molecule has 1 aromatic rings. The smallest absolute Gasteiger partial charge is 0.319 e. The monoisotopic (exact) mass is 323 g/mol. The van der Waals surface area contributed by atoms with E-state index >= 15 is 0 Å². The van der Waals surface area contributed by atoms with Crippen molar-refractivity contribution in [1.82, 2.24) is 20.4 Å². The van der Waals surface area contributed by atoms with Gasteiger partial charge in [0.05, 0.1) is 25.0 Å². The summed E-state index contributed by atoms with van der Waals surface area (Å²) in [4.78, 5) is 23.9. The Labute approximate surface area is 135 Å². The molecule has 23 heavy (non-hydrogen) atoms. The minimum absolute atomic E-state index is 0.150. The van der Waals surface area contributed by atoms with Crippen LogP contribution in [0.4, 0.5) is 10.5 Å². The molecule has 1 fully saturated rings. The SMILES string of the molecule is COCCn1cc(NC(=O)N[C@H](C)C(=O)NC2CCCC2)cn1. The van der Waals surface area contributed by atoms with Crippen molar-refractivity contribution in [2.75, 3.05) is 19.0 Å². The third-order valence-corrected chi connectivity index (χ3v) is 3.86. The molecule has 128 valence electrons. The van der Waals surface area contributed by atoms with Gasteiger partial charge >= 0.3 is 6.03 Å². The Morgan fingerprint density at radius 2 is 2.17 bits per heavy atom. The highest BCUT2D eigenvalue weighted by Crippen LogP contribution is 2.17. The minimum Gasteiger partial charge on any atom is -0.383 e. The fraction of sp³-hybridized carbons (Fsp3) is 0.667. The molecule has 1 heterocycles. The lowest BCUT2D eigenvalue weighted by molar-refractivity contribution is -0.123. The summed E-state index contributed by atoms with van der Waals surface area (Å²) in [6.45, 7) is 2.83. The molecule has 8 nitrogen and oxygen atoms in total. The highest BCUT2D eigenvalue weighted by molar-refractivity contribution is 5.93. The van der Waals surface area contributed by atoms with Gasteiger partial charge in [0.1, 0.15) is 6.04 Å². The molecule has 0 aromatic carbocycles. The second-order valence-corrected chi connectivity index (χ2v) is 5.80. The topological polar surface area (TPSA) is 97.3 Å². The predicted octanol–water partition coefficient (Wildman–Crippen LogP) is 1.10. The molecule has 0 radical (unpaired) electrons. The molecular weight excluding hydrogens is 298 g/mol. The molecule has 2 rings (SSSR count). The van der Waals surface area contributed by atoms with Gasteiger partial charge in [-0.1, -0.05) is 12.8 Å². The summed E-state index contributed by atoms with van der Waals surface area (Å²) >= 11 is 0. The molecule has 3 N–H and O–H groups in total. The Bertz CT molecular complexity index is 525. The zero-order valence-corrected chi connectivity index (χ0v) is 13.7. The zero-order valence-electron chi connectivity index (χ0n) is 13.7. The number of nitrogens with one attached hydrogen (secondary N) is 3. The zero-order chi connectivity index (χ0) is 16.7. The van der Waals surface area contributed by atoms with Crippen LogP contribution in [0.2, 0.25) is 0 Å². The van der Waals surface area contributed by atoms with E-state index < -0.39 is 12.1 Å². The highest BCUT2D eigenvalue weighted by Gasteiger charge is 2.21. The van der Waals surface area contributed by atoms with Gasteiger partial charge < -0.3 is 20.7 Å². The van der Waals surface area contributed by atoms with Crippen molar-refractivity contribution in [3.63, 3.8) is 0 Å². The van der Waals surface area contributed by atoms with Crippen LogP contribution in [0.3, 0.4) is 0 Å². The number of hydrogen-bond acceptors (Lipinski definition) is 4. The van der Waals surface area contributed by atoms with Gasteiger partial charge in [0.2, 0.25) is 5.91 Å². The summed E-state index contributed by atoms with van der Waals surface area (Å²) in [5.74, 6) is -0.150. The summed E-state index contributed by atoms with van der Waals surface area (Å²) in [6.07, 6.45) is 7.61. The van der Waals surface area contributed by atoms with E-state index in [0.717, 1.165) is 25.7 Å². The Hall–Kier alpha value is -2.09. The van der Waals surface area contributed by atoms with E-state index in [9.17, 15) is 9.59 Å². The van der Waals surface area contributed by atoms with Crippen LogP contribution in [-0.2, 0) is 16.1 Å². The first-order valence-electron chi connectivity index (χ1n) is 7.98. The first kappa shape index (κ1) is 17.3. The van der Waals surface area contributed by atoms with Gasteiger partial charge in [-0.05, 0) is 19.8 Å². The van der Waals surface area contributed by atoms with E-state index in [1.165, 1.54) is 0 Å². The van der Waals surface area contributed by atoms with Crippen molar-refractivity contribution in [1.29, 1.82) is 0 Å². The third kappa shape index (κ3) is 5.55. The van der Waals surface area contributed by atoms with Crippen LogP contribution in [0.15, 0.2) is 12.4 Å². The molecular formula is C15H25N5O3. The van der Waals surface area contributed by atoms with E-state index in [1.54, 1.807) is 31.1 Å². The van der Waals surface area contributed by atoms with Crippen molar-refractivity contribution in [3.8, 4) is 0 Å². The molecule has 1 aromatic heterocycles. The number of urea groups is 1. The van der Waals surface area contributed by atoms with E-state index in [-0.39, 0.29) is 11.9 Å². The van der Waals surface area contributed by atoms with Crippen LogP contribution < -0.4 is 16.0 Å². The van der Waals surface area contributed by atoms with Gasteiger partial charge in [0.15, 0.2) is 0 Å². The molecule has 0 spiro atoms. The second kappa shape index (κ2) is 8.52. The second-order valence-electron chi connectivity index (χ2n) is 5.80. The van der Waals surface area contributed by atoms with Gasteiger partial charge in [-0.3, -0.25) is 9.48 Å². The van der Waals surface area contributed by atoms with Crippen LogP contribution in [-0.4, -0.2) is 47.5 Å². The number of carbonyl (C=O) groups is 2. The molecule has 1 saturated carbocycles. The van der Waals surface area contributed by atoms with Crippen LogP contribution in [0.5, 0.6) is 0 Å². The quantitative estimate of drug-likeness (QED) is 0.700. The third-order valence-electron chi connectivity index (χ3n) is 3.86. The maximum absolute atomic E-state index is 12.0. The van der Waals surface area contributed by atoms with Gasteiger partial charge in [-0.25, -0.2) is 4.79 Å². The number of anilines is 1. The number of hydrogen-bond donors (Lipinski definition) is 3. The molecule has 3 amide bonds. The van der Waals surface area contributed by atoms with Crippen LogP contribution >= 0.6 is 0 Å². The number of nitrogens with zero attached hydrogens (tertiary/aromatic N) is 2. The number of ether oxygens (including phenoxy) is 1. The summed E-state index contributed by atoms with van der Waals surface area (Å²) < 4.78 is 6.64. The standard InChI is InChI=1S/C15H25N5O3/c1-11(14(21)18-12-5-3-4-6-12)17-15(22)19-13-9-16-20(10-13)7-8-23-2/h9-12H,3-8H2,1-2H3,(H,18,21)(H2,17,19,22)/t11-/m1/s1. The average molecular weight is 323 g/mol. The summed E-state index contributed by atoms with van der Waals surface area (Å²) in [7, 11) is 1.62. The van der Waals surface area contributed by atoms with Crippen molar-refractivity contribution in [3.05, 3.63) is 12.4 Å². The summed E-state index contributed by atoms with van der Waals surface area (Å²) in [5, 5.41) is 12.4. The number of rotatable bonds is 7.